The van der Waals surface area contributed by atoms with Gasteiger partial charge in [0, 0.05) is 11.6 Å². The molecule has 0 atom stereocenters. The first-order valence-electron chi connectivity index (χ1n) is 5.80. The van der Waals surface area contributed by atoms with E-state index in [2.05, 4.69) is 25.2 Å². The number of nitrogens with one attached hydrogen (secondary N) is 3. The van der Waals surface area contributed by atoms with Crippen molar-refractivity contribution in [2.24, 2.45) is 0 Å². The Morgan fingerprint density at radius 1 is 1.35 bits per heavy atom. The van der Waals surface area contributed by atoms with Crippen LogP contribution in [-0.2, 0) is 23.1 Å². The fourth-order valence-corrected chi connectivity index (χ4v) is 2.83. The Morgan fingerprint density at radius 3 is 2.80 bits per heavy atom. The highest BCUT2D eigenvalue weighted by Crippen LogP contribution is 2.20. The van der Waals surface area contributed by atoms with Gasteiger partial charge in [-0.15, -0.1) is 0 Å². The molecule has 7 nitrogen and oxygen atoms in total. The quantitative estimate of drug-likeness (QED) is 0.727. The molecule has 2 rings (SSSR count). The third kappa shape index (κ3) is 3.54. The molecule has 1 aromatic carbocycles. The average molecular weight is 316 g/mol. The van der Waals surface area contributed by atoms with Crippen LogP contribution in [0.2, 0.25) is 5.02 Å². The monoisotopic (exact) mass is 315 g/mol. The lowest BCUT2D eigenvalue weighted by atomic mass is 10.2. The molecule has 0 fully saturated rings. The zero-order valence-corrected chi connectivity index (χ0v) is 12.3. The Balaban J connectivity index is 2.18. The molecule has 0 amide bonds. The maximum atomic E-state index is 12.2. The van der Waals surface area contributed by atoms with Crippen LogP contribution in [0.3, 0.4) is 0 Å². The van der Waals surface area contributed by atoms with E-state index in [0.717, 1.165) is 5.56 Å². The third-order valence-electron chi connectivity index (χ3n) is 2.59. The van der Waals surface area contributed by atoms with Crippen molar-refractivity contribution in [3.05, 3.63) is 40.9 Å². The fraction of sp³-hybridized carbons (Fsp3) is 0.273. The summed E-state index contributed by atoms with van der Waals surface area (Å²) in [4.78, 5) is 4.01. The predicted octanol–water partition coefficient (Wildman–Crippen LogP) is 0.656. The van der Waals surface area contributed by atoms with Crippen molar-refractivity contribution in [1.29, 1.82) is 0 Å². The van der Waals surface area contributed by atoms with Gasteiger partial charge in [0.2, 0.25) is 10.0 Å². The van der Waals surface area contributed by atoms with Gasteiger partial charge in [0.15, 0.2) is 0 Å². The molecule has 0 unspecified atom stereocenters. The summed E-state index contributed by atoms with van der Waals surface area (Å²) in [6.07, 6.45) is 1.32. The average Bonchev–Trinajstić information content (AvgIpc) is 2.92. The summed E-state index contributed by atoms with van der Waals surface area (Å²) in [5.41, 5.74) is 0.719. The molecule has 0 saturated heterocycles. The second-order valence-electron chi connectivity index (χ2n) is 4.04. The number of sulfonamides is 1. The van der Waals surface area contributed by atoms with E-state index >= 15 is 0 Å². The number of halogens is 1. The Labute approximate surface area is 121 Å². The Kier molecular flexibility index (Phi) is 4.71. The van der Waals surface area contributed by atoms with Crippen molar-refractivity contribution < 1.29 is 8.42 Å². The number of nitrogens with zero attached hydrogens (tertiary/aromatic N) is 2. The number of aromatic amines is 1. The van der Waals surface area contributed by atoms with E-state index in [0.29, 0.717) is 17.4 Å². The van der Waals surface area contributed by atoms with Gasteiger partial charge in [0.1, 0.15) is 12.2 Å². The molecule has 108 valence electrons. The maximum absolute atomic E-state index is 12.2. The summed E-state index contributed by atoms with van der Waals surface area (Å²) < 4.78 is 26.8. The fourth-order valence-electron chi connectivity index (χ4n) is 1.61. The van der Waals surface area contributed by atoms with Crippen LogP contribution < -0.4 is 10.0 Å². The molecule has 1 heterocycles. The highest BCUT2D eigenvalue weighted by Gasteiger charge is 2.16. The van der Waals surface area contributed by atoms with Crippen LogP contribution in [0, 0.1) is 0 Å². The summed E-state index contributed by atoms with van der Waals surface area (Å²) in [6, 6.07) is 4.57. The maximum Gasteiger partial charge on any atom is 0.240 e. The molecule has 1 aromatic heterocycles. The minimum Gasteiger partial charge on any atom is -0.316 e. The van der Waals surface area contributed by atoms with E-state index in [1.807, 2.05) is 0 Å². The van der Waals surface area contributed by atoms with Gasteiger partial charge in [-0.05, 0) is 30.8 Å². The van der Waals surface area contributed by atoms with E-state index in [4.69, 9.17) is 11.6 Å². The van der Waals surface area contributed by atoms with Gasteiger partial charge in [-0.25, -0.2) is 18.1 Å². The van der Waals surface area contributed by atoms with Crippen molar-refractivity contribution in [2.75, 3.05) is 7.05 Å². The Bertz CT molecular complexity index is 672. The molecule has 3 N–H and O–H groups in total. The van der Waals surface area contributed by atoms with Crippen LogP contribution in [0.4, 0.5) is 0 Å². The second-order valence-corrected chi connectivity index (χ2v) is 6.21. The summed E-state index contributed by atoms with van der Waals surface area (Å²) >= 11 is 6.00. The van der Waals surface area contributed by atoms with Crippen molar-refractivity contribution in [3.63, 3.8) is 0 Å². The molecule has 0 aliphatic heterocycles. The van der Waals surface area contributed by atoms with Crippen molar-refractivity contribution in [1.82, 2.24) is 25.2 Å². The third-order valence-corrected chi connectivity index (χ3v) is 4.36. The van der Waals surface area contributed by atoms with Crippen molar-refractivity contribution in [3.8, 4) is 0 Å². The second kappa shape index (κ2) is 6.31. The van der Waals surface area contributed by atoms with Crippen LogP contribution in [0.25, 0.3) is 0 Å². The van der Waals surface area contributed by atoms with Crippen molar-refractivity contribution >= 4 is 21.6 Å². The molecular weight excluding hydrogens is 302 g/mol. The normalized spacial score (nSPS) is 11.7. The van der Waals surface area contributed by atoms with E-state index < -0.39 is 10.0 Å². The SMILES string of the molecule is CNCc1cc(S(=O)(=O)NCc2ncn[nH]2)ccc1Cl. The lowest BCUT2D eigenvalue weighted by Crippen LogP contribution is -2.24. The molecular formula is C11H14ClN5O2S. The van der Waals surface area contributed by atoms with Crippen LogP contribution in [0.15, 0.2) is 29.4 Å². The van der Waals surface area contributed by atoms with Crippen molar-refractivity contribution in [2.45, 2.75) is 18.0 Å². The Hall–Kier alpha value is -1.48. The number of rotatable bonds is 6. The smallest absolute Gasteiger partial charge is 0.240 e. The van der Waals surface area contributed by atoms with Crippen LogP contribution in [0.1, 0.15) is 11.4 Å². The summed E-state index contributed by atoms with van der Waals surface area (Å²) in [5, 5.41) is 9.69. The highest BCUT2D eigenvalue weighted by atomic mass is 35.5. The summed E-state index contributed by atoms with van der Waals surface area (Å²) in [6.45, 7) is 0.538. The molecule has 0 saturated carbocycles. The summed E-state index contributed by atoms with van der Waals surface area (Å²) in [7, 11) is -1.85. The van der Waals surface area contributed by atoms with E-state index in [1.165, 1.54) is 12.4 Å². The van der Waals surface area contributed by atoms with E-state index in [1.54, 1.807) is 19.2 Å². The first kappa shape index (κ1) is 14.9. The van der Waals surface area contributed by atoms with Crippen LogP contribution >= 0.6 is 11.6 Å². The van der Waals surface area contributed by atoms with E-state index in [9.17, 15) is 8.42 Å². The topological polar surface area (TPSA) is 99.8 Å². The first-order valence-corrected chi connectivity index (χ1v) is 7.66. The van der Waals surface area contributed by atoms with Gasteiger partial charge in [-0.1, -0.05) is 11.6 Å². The highest BCUT2D eigenvalue weighted by molar-refractivity contribution is 7.89. The molecule has 0 spiro atoms. The van der Waals surface area contributed by atoms with Gasteiger partial charge in [-0.2, -0.15) is 5.10 Å². The lowest BCUT2D eigenvalue weighted by molar-refractivity contribution is 0.579. The van der Waals surface area contributed by atoms with Gasteiger partial charge in [-0.3, -0.25) is 5.10 Å². The Morgan fingerprint density at radius 2 is 2.15 bits per heavy atom. The minimum absolute atomic E-state index is 0.0479. The minimum atomic E-state index is -3.62. The zero-order chi connectivity index (χ0) is 14.6. The molecule has 9 heteroatoms. The molecule has 0 aliphatic rings. The van der Waals surface area contributed by atoms with Gasteiger partial charge in [0.25, 0.3) is 0 Å². The zero-order valence-electron chi connectivity index (χ0n) is 10.7. The van der Waals surface area contributed by atoms with Crippen LogP contribution in [-0.4, -0.2) is 30.6 Å². The largest absolute Gasteiger partial charge is 0.316 e. The standard InChI is InChI=1S/C11H14ClN5O2S/c1-13-5-8-4-9(2-3-10(8)12)20(18,19)16-6-11-14-7-15-17-11/h2-4,7,13,16H,5-6H2,1H3,(H,14,15,17). The first-order chi connectivity index (χ1) is 9.53. The number of hydrogen-bond donors (Lipinski definition) is 3. The van der Waals surface area contributed by atoms with Crippen LogP contribution in [0.5, 0.6) is 0 Å². The van der Waals surface area contributed by atoms with Gasteiger partial charge >= 0.3 is 0 Å². The lowest BCUT2D eigenvalue weighted by Gasteiger charge is -2.09. The number of hydrogen-bond acceptors (Lipinski definition) is 5. The van der Waals surface area contributed by atoms with Gasteiger partial charge < -0.3 is 5.32 Å². The predicted molar refractivity (Wildman–Crippen MR) is 74.6 cm³/mol. The number of H-pyrrole nitrogens is 1. The summed E-state index contributed by atoms with van der Waals surface area (Å²) in [5.74, 6) is 0.443. The van der Waals surface area contributed by atoms with E-state index in [-0.39, 0.29) is 11.4 Å². The molecule has 0 bridgehead atoms. The number of benzene rings is 1. The molecule has 2 aromatic rings. The van der Waals surface area contributed by atoms with Gasteiger partial charge in [0.05, 0.1) is 11.4 Å². The molecule has 20 heavy (non-hydrogen) atoms. The molecule has 0 aliphatic carbocycles. The molecule has 0 radical (unpaired) electrons. The number of aromatic nitrogens is 3.